The molecule has 1 amide bonds. The first-order chi connectivity index (χ1) is 10.0. The van der Waals surface area contributed by atoms with E-state index in [9.17, 15) is 9.59 Å². The van der Waals surface area contributed by atoms with Gasteiger partial charge in [0.1, 0.15) is 18.1 Å². The molecule has 1 aromatic carbocycles. The predicted octanol–water partition coefficient (Wildman–Crippen LogP) is 2.11. The van der Waals surface area contributed by atoms with Crippen LogP contribution in [0.15, 0.2) is 47.1 Å². The molecule has 1 aliphatic heterocycles. The Balaban J connectivity index is 2.17. The van der Waals surface area contributed by atoms with Gasteiger partial charge in [-0.1, -0.05) is 37.3 Å². The largest absolute Gasteiger partial charge is 0.468 e. The zero-order valence-corrected chi connectivity index (χ0v) is 12.4. The number of rotatable bonds is 4. The Hall–Kier alpha value is -2.43. The monoisotopic (exact) mass is 286 g/mol. The lowest BCUT2D eigenvalue weighted by Crippen LogP contribution is -2.35. The average Bonchev–Trinajstić information content (AvgIpc) is 2.75. The van der Waals surface area contributed by atoms with E-state index in [1.807, 2.05) is 43.3 Å². The summed E-state index contributed by atoms with van der Waals surface area (Å²) in [7, 11) is 1.30. The quantitative estimate of drug-likeness (QED) is 0.629. The van der Waals surface area contributed by atoms with Gasteiger partial charge in [-0.2, -0.15) is 0 Å². The zero-order valence-electron chi connectivity index (χ0n) is 12.4. The van der Waals surface area contributed by atoms with Gasteiger partial charge in [0.15, 0.2) is 0 Å². The first kappa shape index (κ1) is 15.0. The van der Waals surface area contributed by atoms with Crippen molar-refractivity contribution < 1.29 is 14.3 Å². The molecule has 1 unspecified atom stereocenters. The summed E-state index contributed by atoms with van der Waals surface area (Å²) in [6.45, 7) is 3.60. The van der Waals surface area contributed by atoms with Crippen molar-refractivity contribution in [1.29, 1.82) is 0 Å². The van der Waals surface area contributed by atoms with Gasteiger partial charge >= 0.3 is 5.97 Å². The molecule has 0 aliphatic carbocycles. The molecular formula is C16H18N2O3. The molecule has 0 saturated carbocycles. The Morgan fingerprint density at radius 3 is 2.67 bits per heavy atom. The molecule has 21 heavy (non-hydrogen) atoms. The number of ether oxygens (including phenoxy) is 1. The smallest absolute Gasteiger partial charge is 0.325 e. The second-order valence-electron chi connectivity index (χ2n) is 4.88. The highest BCUT2D eigenvalue weighted by molar-refractivity contribution is 6.12. The molecule has 0 radical (unpaired) electrons. The maximum atomic E-state index is 12.3. The van der Waals surface area contributed by atoms with E-state index < -0.39 is 5.97 Å². The first-order valence-corrected chi connectivity index (χ1v) is 6.73. The van der Waals surface area contributed by atoms with Gasteiger partial charge in [0.2, 0.25) is 0 Å². The van der Waals surface area contributed by atoms with Crippen LogP contribution >= 0.6 is 0 Å². The number of methoxy groups -OCH3 is 1. The Kier molecular flexibility index (Phi) is 4.52. The molecule has 0 fully saturated rings. The molecule has 1 heterocycles. The minimum atomic E-state index is -0.463. The van der Waals surface area contributed by atoms with Crippen LogP contribution in [0.2, 0.25) is 0 Å². The van der Waals surface area contributed by atoms with Crippen molar-refractivity contribution in [3.8, 4) is 0 Å². The number of amidine groups is 1. The molecule has 110 valence electrons. The lowest BCUT2D eigenvalue weighted by molar-refractivity contribution is -0.143. The van der Waals surface area contributed by atoms with Crippen molar-refractivity contribution in [1.82, 2.24) is 4.90 Å². The van der Waals surface area contributed by atoms with Crippen molar-refractivity contribution in [3.05, 3.63) is 47.7 Å². The highest BCUT2D eigenvalue weighted by Crippen LogP contribution is 2.22. The maximum absolute atomic E-state index is 12.3. The third-order valence-corrected chi connectivity index (χ3v) is 3.39. The summed E-state index contributed by atoms with van der Waals surface area (Å²) in [6, 6.07) is 9.87. The zero-order chi connectivity index (χ0) is 15.4. The minimum Gasteiger partial charge on any atom is -0.468 e. The topological polar surface area (TPSA) is 59.0 Å². The second kappa shape index (κ2) is 6.35. The summed E-state index contributed by atoms with van der Waals surface area (Å²) in [6.07, 6.45) is 1.82. The summed E-state index contributed by atoms with van der Waals surface area (Å²) in [5, 5.41) is 0. The molecule has 0 spiro atoms. The molecular weight excluding hydrogens is 268 g/mol. The number of hydrogen-bond acceptors (Lipinski definition) is 4. The number of hydrogen-bond donors (Lipinski definition) is 0. The van der Waals surface area contributed by atoms with Crippen LogP contribution in [0.4, 0.5) is 0 Å². The Labute approximate surface area is 123 Å². The van der Waals surface area contributed by atoms with E-state index in [-0.39, 0.29) is 18.4 Å². The van der Waals surface area contributed by atoms with E-state index in [4.69, 9.17) is 0 Å². The summed E-state index contributed by atoms with van der Waals surface area (Å²) < 4.78 is 4.59. The van der Waals surface area contributed by atoms with Crippen LogP contribution in [0.1, 0.15) is 25.3 Å². The fourth-order valence-electron chi connectivity index (χ4n) is 2.15. The fourth-order valence-corrected chi connectivity index (χ4v) is 2.15. The van der Waals surface area contributed by atoms with E-state index in [2.05, 4.69) is 9.73 Å². The van der Waals surface area contributed by atoms with Crippen LogP contribution in [0.25, 0.3) is 0 Å². The molecule has 1 aliphatic rings. The fraction of sp³-hybridized carbons (Fsp3) is 0.312. The predicted molar refractivity (Wildman–Crippen MR) is 79.8 cm³/mol. The number of aliphatic imine (C=N–C) groups is 1. The Bertz CT molecular complexity index is 605. The number of benzene rings is 1. The van der Waals surface area contributed by atoms with Crippen LogP contribution in [0.3, 0.4) is 0 Å². The number of esters is 1. The average molecular weight is 286 g/mol. The van der Waals surface area contributed by atoms with Crippen molar-refractivity contribution >= 4 is 17.7 Å². The minimum absolute atomic E-state index is 0.0692. The molecule has 0 bridgehead atoms. The molecule has 1 atom stereocenters. The summed E-state index contributed by atoms with van der Waals surface area (Å²) in [4.78, 5) is 29.2. The Morgan fingerprint density at radius 1 is 1.38 bits per heavy atom. The molecule has 1 aromatic rings. The third-order valence-electron chi connectivity index (χ3n) is 3.39. The number of carbonyl (C=O) groups excluding carboxylic acids is 2. The number of allylic oxidation sites excluding steroid dienone is 1. The van der Waals surface area contributed by atoms with E-state index in [1.54, 1.807) is 6.92 Å². The van der Waals surface area contributed by atoms with E-state index in [1.165, 1.54) is 12.0 Å². The normalized spacial score (nSPS) is 17.9. The van der Waals surface area contributed by atoms with Crippen LogP contribution in [-0.2, 0) is 14.3 Å². The van der Waals surface area contributed by atoms with Gasteiger partial charge in [-0.25, -0.2) is 4.99 Å². The number of carbonyl (C=O) groups is 2. The first-order valence-electron chi connectivity index (χ1n) is 6.73. The SMILES string of the molecule is COC(=O)CN1C(=O)/C(=C/C(C)c2ccccc2)N=C1C. The highest BCUT2D eigenvalue weighted by Gasteiger charge is 2.29. The van der Waals surface area contributed by atoms with Crippen molar-refractivity contribution in [3.63, 3.8) is 0 Å². The molecule has 0 saturated heterocycles. The Morgan fingerprint density at radius 2 is 2.05 bits per heavy atom. The lowest BCUT2D eigenvalue weighted by atomic mass is 10.00. The second-order valence-corrected chi connectivity index (χ2v) is 4.88. The molecule has 0 aromatic heterocycles. The van der Waals surface area contributed by atoms with Crippen molar-refractivity contribution in [2.75, 3.05) is 13.7 Å². The lowest BCUT2D eigenvalue weighted by Gasteiger charge is -2.14. The summed E-state index contributed by atoms with van der Waals surface area (Å²) in [5.41, 5.74) is 1.48. The van der Waals surface area contributed by atoms with Crippen molar-refractivity contribution in [2.45, 2.75) is 19.8 Å². The maximum Gasteiger partial charge on any atom is 0.325 e. The van der Waals surface area contributed by atoms with Gasteiger partial charge in [-0.3, -0.25) is 14.5 Å². The van der Waals surface area contributed by atoms with Crippen molar-refractivity contribution in [2.24, 2.45) is 4.99 Å². The molecule has 5 nitrogen and oxygen atoms in total. The molecule has 5 heteroatoms. The van der Waals surface area contributed by atoms with Crippen LogP contribution < -0.4 is 0 Å². The van der Waals surface area contributed by atoms with Gasteiger partial charge in [0, 0.05) is 5.92 Å². The standard InChI is InChI=1S/C16H18N2O3/c1-11(13-7-5-4-6-8-13)9-14-16(20)18(12(2)17-14)10-15(19)21-3/h4-9,11H,10H2,1-3H3/b14-9-. The van der Waals surface area contributed by atoms with Crippen LogP contribution in [0.5, 0.6) is 0 Å². The molecule has 0 N–H and O–H groups in total. The number of amides is 1. The van der Waals surface area contributed by atoms with Crippen LogP contribution in [-0.4, -0.2) is 36.3 Å². The van der Waals surface area contributed by atoms with Crippen LogP contribution in [0, 0.1) is 0 Å². The van der Waals surface area contributed by atoms with Gasteiger partial charge < -0.3 is 4.74 Å². The molecule has 2 rings (SSSR count). The van der Waals surface area contributed by atoms with Gasteiger partial charge in [0.05, 0.1) is 7.11 Å². The number of nitrogens with zero attached hydrogens (tertiary/aromatic N) is 2. The van der Waals surface area contributed by atoms with E-state index in [0.717, 1.165) is 5.56 Å². The van der Waals surface area contributed by atoms with Gasteiger partial charge in [-0.15, -0.1) is 0 Å². The van der Waals surface area contributed by atoms with E-state index >= 15 is 0 Å². The highest BCUT2D eigenvalue weighted by atomic mass is 16.5. The third kappa shape index (κ3) is 3.37. The summed E-state index contributed by atoms with van der Waals surface area (Å²) >= 11 is 0. The van der Waals surface area contributed by atoms with Gasteiger partial charge in [-0.05, 0) is 18.6 Å². The van der Waals surface area contributed by atoms with E-state index in [0.29, 0.717) is 11.5 Å². The summed E-state index contributed by atoms with van der Waals surface area (Å²) in [5.74, 6) is -0.146. The van der Waals surface area contributed by atoms with Gasteiger partial charge in [0.25, 0.3) is 5.91 Å².